The molecule has 0 aromatic carbocycles. The Hall–Kier alpha value is -3.57. The second-order valence-corrected chi connectivity index (χ2v) is 20.6. The fourth-order valence-corrected chi connectivity index (χ4v) is 15.1. The zero-order valence-corrected chi connectivity index (χ0v) is 35.2. The van der Waals surface area contributed by atoms with Gasteiger partial charge in [-0.1, -0.05) is 51.0 Å². The predicted molar refractivity (Wildman–Crippen MR) is 214 cm³/mol. The number of aliphatic hydroxyl groups is 2. The van der Waals surface area contributed by atoms with Crippen LogP contribution in [-0.4, -0.2) is 76.4 Å². The molecule has 59 heavy (non-hydrogen) atoms. The maximum absolute atomic E-state index is 17.4. The summed E-state index contributed by atoms with van der Waals surface area (Å²) in [6.07, 6.45) is 13.1. The molecule has 11 heteroatoms. The van der Waals surface area contributed by atoms with Gasteiger partial charge in [0.15, 0.2) is 28.8 Å². The fraction of sp³-hybridized carbons (Fsp3) is 0.708. The number of rotatable bonds is 10. The van der Waals surface area contributed by atoms with Crippen molar-refractivity contribution in [2.75, 3.05) is 13.2 Å². The van der Waals surface area contributed by atoms with Gasteiger partial charge in [0.25, 0.3) is 0 Å². The highest BCUT2D eigenvalue weighted by Gasteiger charge is 2.72. The van der Waals surface area contributed by atoms with E-state index >= 15 is 4.39 Å². The first-order chi connectivity index (χ1) is 27.8. The molecule has 8 aliphatic carbocycles. The summed E-state index contributed by atoms with van der Waals surface area (Å²) in [6, 6.07) is 0. The van der Waals surface area contributed by atoms with E-state index in [-0.39, 0.29) is 96.3 Å². The molecule has 0 aromatic rings. The number of Topliss-reactive ketones (excluding diaryl/α,β-unsaturated/α-hetero) is 2. The Labute approximate surface area is 346 Å². The van der Waals surface area contributed by atoms with Gasteiger partial charge in [0.05, 0.1) is 12.2 Å². The highest BCUT2D eigenvalue weighted by atomic mass is 19.1. The van der Waals surface area contributed by atoms with Gasteiger partial charge in [0.1, 0.15) is 13.2 Å². The molecule has 0 aromatic heterocycles. The summed E-state index contributed by atoms with van der Waals surface area (Å²) in [5, 5.41) is 23.2. The second kappa shape index (κ2) is 14.8. The van der Waals surface area contributed by atoms with Crippen molar-refractivity contribution in [2.24, 2.45) is 69.0 Å². The lowest BCUT2D eigenvalue weighted by atomic mass is 9.45. The van der Waals surface area contributed by atoms with Crippen LogP contribution in [0, 0.1) is 69.0 Å². The van der Waals surface area contributed by atoms with Gasteiger partial charge in [-0.25, -0.2) is 4.39 Å². The van der Waals surface area contributed by atoms with E-state index in [1.165, 1.54) is 12.2 Å². The van der Waals surface area contributed by atoms with E-state index in [1.54, 1.807) is 25.2 Å². The number of aliphatic hydroxyl groups excluding tert-OH is 2. The number of hydrogen-bond acceptors (Lipinski definition) is 10. The van der Waals surface area contributed by atoms with E-state index in [0.29, 0.717) is 37.7 Å². The van der Waals surface area contributed by atoms with E-state index in [9.17, 15) is 39.0 Å². The van der Waals surface area contributed by atoms with Crippen molar-refractivity contribution in [1.29, 1.82) is 0 Å². The number of ketones is 4. The Morgan fingerprint density at radius 2 is 1.39 bits per heavy atom. The van der Waals surface area contributed by atoms with Crippen molar-refractivity contribution in [1.82, 2.24) is 0 Å². The summed E-state index contributed by atoms with van der Waals surface area (Å²) in [6.45, 7) is 9.10. The number of carbonyl (C=O) groups excluding carboxylic acids is 6. The van der Waals surface area contributed by atoms with Gasteiger partial charge in [-0.2, -0.15) is 0 Å². The molecular weight excluding hydrogens is 756 g/mol. The SMILES string of the molecule is CC1CC2C3CCC4=CC(=O)C=CC4(C)C3(F)C(O)CC2(C)C1C(=O)COC(=O)CCCC(=O)OCC(=O)C1CCC2C3CCC4=CC(=O)C=CC4(C)C3C(O)CC12C. The number of alkyl halides is 1. The Kier molecular flexibility index (Phi) is 10.6. The van der Waals surface area contributed by atoms with Crippen molar-refractivity contribution in [2.45, 2.75) is 130 Å². The first-order valence-corrected chi connectivity index (χ1v) is 22.1. The van der Waals surface area contributed by atoms with E-state index in [0.717, 1.165) is 24.8 Å². The van der Waals surface area contributed by atoms with Gasteiger partial charge in [-0.3, -0.25) is 28.8 Å². The first-order valence-electron chi connectivity index (χ1n) is 22.1. The van der Waals surface area contributed by atoms with Crippen LogP contribution >= 0.6 is 0 Å². The van der Waals surface area contributed by atoms with Crippen LogP contribution in [-0.2, 0) is 38.2 Å². The Balaban J connectivity index is 0.799. The molecule has 0 radical (unpaired) electrons. The van der Waals surface area contributed by atoms with Gasteiger partial charge >= 0.3 is 11.9 Å². The van der Waals surface area contributed by atoms with Crippen molar-refractivity contribution in [3.8, 4) is 0 Å². The van der Waals surface area contributed by atoms with Crippen LogP contribution < -0.4 is 0 Å². The van der Waals surface area contributed by atoms with Gasteiger partial charge in [-0.15, -0.1) is 0 Å². The van der Waals surface area contributed by atoms with E-state index < -0.39 is 64.5 Å². The van der Waals surface area contributed by atoms with Gasteiger partial charge in [-0.05, 0) is 130 Å². The molecule has 10 nitrogen and oxygen atoms in total. The molecule has 0 aliphatic heterocycles. The normalized spacial score (nSPS) is 45.4. The Morgan fingerprint density at radius 3 is 2.08 bits per heavy atom. The topological polar surface area (TPSA) is 161 Å². The minimum absolute atomic E-state index is 0.00867. The predicted octanol–water partition coefficient (Wildman–Crippen LogP) is 6.51. The summed E-state index contributed by atoms with van der Waals surface area (Å²) in [4.78, 5) is 77.1. The molecule has 0 heterocycles. The molecule has 0 saturated heterocycles. The van der Waals surface area contributed by atoms with Crippen LogP contribution in [0.5, 0.6) is 0 Å². The number of fused-ring (bicyclic) bond motifs is 10. The maximum atomic E-state index is 17.4. The van der Waals surface area contributed by atoms with Crippen LogP contribution in [0.15, 0.2) is 47.6 Å². The Morgan fingerprint density at radius 1 is 0.763 bits per heavy atom. The Bertz CT molecular complexity index is 1960. The minimum Gasteiger partial charge on any atom is -0.458 e. The largest absolute Gasteiger partial charge is 0.458 e. The van der Waals surface area contributed by atoms with E-state index in [4.69, 9.17) is 9.47 Å². The summed E-state index contributed by atoms with van der Waals surface area (Å²) in [7, 11) is 0. The van der Waals surface area contributed by atoms with Crippen LogP contribution in [0.25, 0.3) is 0 Å². The molecule has 6 fully saturated rings. The number of halogens is 1. The highest BCUT2D eigenvalue weighted by Crippen LogP contribution is 2.70. The van der Waals surface area contributed by atoms with Crippen LogP contribution in [0.4, 0.5) is 4.39 Å². The van der Waals surface area contributed by atoms with Crippen molar-refractivity contribution < 1.29 is 52.8 Å². The third kappa shape index (κ3) is 6.44. The minimum atomic E-state index is -1.98. The standard InChI is InChI=1S/C48H61FO10/c1-26-19-35-33-12-10-28-21-30(51)16-18-47(28,5)48(33,49)39(55)23-46(35,4)42(26)38(54)25-59-41(57)8-6-7-40(56)58-24-37(53)34-14-13-32-31-11-9-27-20-29(50)15-17-44(27,2)43(31)36(52)22-45(32,34)3/h15-18,20-21,26,31-36,39,42-43,52,55H,6-14,19,22-25H2,1-5H3. The smallest absolute Gasteiger partial charge is 0.306 e. The highest BCUT2D eigenvalue weighted by molar-refractivity contribution is 6.02. The van der Waals surface area contributed by atoms with Crippen molar-refractivity contribution >= 4 is 35.1 Å². The average molecular weight is 817 g/mol. The van der Waals surface area contributed by atoms with E-state index in [1.807, 2.05) is 19.9 Å². The summed E-state index contributed by atoms with van der Waals surface area (Å²) in [5.41, 5.74) is -2.80. The zero-order valence-electron chi connectivity index (χ0n) is 35.2. The van der Waals surface area contributed by atoms with Crippen LogP contribution in [0.3, 0.4) is 0 Å². The van der Waals surface area contributed by atoms with Gasteiger partial charge in [0, 0.05) is 47.3 Å². The molecule has 6 saturated carbocycles. The molecule has 15 unspecified atom stereocenters. The van der Waals surface area contributed by atoms with Gasteiger partial charge in [0.2, 0.25) is 0 Å². The molecule has 0 amide bonds. The quantitative estimate of drug-likeness (QED) is 0.233. The lowest BCUT2D eigenvalue weighted by Gasteiger charge is -2.61. The number of allylic oxidation sites excluding steroid dienone is 8. The molecule has 2 N–H and O–H groups in total. The molecule has 0 bridgehead atoms. The number of hydrogen-bond donors (Lipinski definition) is 2. The molecule has 0 spiro atoms. The summed E-state index contributed by atoms with van der Waals surface area (Å²) < 4.78 is 28.3. The summed E-state index contributed by atoms with van der Waals surface area (Å²) >= 11 is 0. The lowest BCUT2D eigenvalue weighted by Crippen LogP contribution is -2.66. The molecule has 8 rings (SSSR count). The molecular formula is C48H61FO10. The van der Waals surface area contributed by atoms with Crippen LogP contribution in [0.2, 0.25) is 0 Å². The monoisotopic (exact) mass is 816 g/mol. The third-order valence-corrected chi connectivity index (χ3v) is 17.7. The molecule has 15 atom stereocenters. The first kappa shape index (κ1) is 42.1. The number of ether oxygens (including phenoxy) is 2. The second-order valence-electron chi connectivity index (χ2n) is 20.6. The average Bonchev–Trinajstić information content (AvgIpc) is 3.65. The molecule has 8 aliphatic rings. The van der Waals surface area contributed by atoms with Crippen LogP contribution in [0.1, 0.15) is 112 Å². The van der Waals surface area contributed by atoms with E-state index in [2.05, 4.69) is 13.8 Å². The third-order valence-electron chi connectivity index (χ3n) is 17.7. The maximum Gasteiger partial charge on any atom is 0.306 e. The number of carbonyl (C=O) groups is 6. The zero-order chi connectivity index (χ0) is 42.4. The fourth-order valence-electron chi connectivity index (χ4n) is 15.1. The van der Waals surface area contributed by atoms with Crippen molar-refractivity contribution in [3.05, 3.63) is 47.6 Å². The lowest BCUT2D eigenvalue weighted by molar-refractivity contribution is -0.196. The number of esters is 2. The molecule has 320 valence electrons. The van der Waals surface area contributed by atoms with Gasteiger partial charge < -0.3 is 19.7 Å². The van der Waals surface area contributed by atoms with Crippen molar-refractivity contribution in [3.63, 3.8) is 0 Å². The summed E-state index contributed by atoms with van der Waals surface area (Å²) in [5.74, 6) is -3.07.